The number of hydrogen-bond donors (Lipinski definition) is 0. The Hall–Kier alpha value is -9.18. The summed E-state index contributed by atoms with van der Waals surface area (Å²) >= 11 is 0. The fourth-order valence-electron chi connectivity index (χ4n) is 10.4. The van der Waals surface area contributed by atoms with E-state index in [-0.39, 0.29) is 0 Å². The minimum absolute atomic E-state index is 1.10. The summed E-state index contributed by atoms with van der Waals surface area (Å²) in [6.07, 6.45) is 0. The third-order valence-electron chi connectivity index (χ3n) is 13.7. The minimum Gasteiger partial charge on any atom is -0.311 e. The molecule has 13 aromatic rings. The first-order valence-corrected chi connectivity index (χ1v) is 23.7. The zero-order chi connectivity index (χ0) is 45.7. The molecule has 0 bridgehead atoms. The van der Waals surface area contributed by atoms with Crippen LogP contribution < -0.4 is 4.90 Å². The monoisotopic (exact) mass is 879 g/mol. The van der Waals surface area contributed by atoms with Crippen LogP contribution in [0.5, 0.6) is 0 Å². The predicted octanol–water partition coefficient (Wildman–Crippen LogP) is 18.0. The Morgan fingerprint density at radius 3 is 0.899 bits per heavy atom. The molecule has 0 saturated carbocycles. The zero-order valence-electron chi connectivity index (χ0n) is 37.8. The van der Waals surface area contributed by atoms with Gasteiger partial charge in [-0.3, -0.25) is 0 Å². The van der Waals surface area contributed by atoms with Crippen LogP contribution in [0.25, 0.3) is 99.5 Å². The van der Waals surface area contributed by atoms with Crippen molar-refractivity contribution in [1.29, 1.82) is 0 Å². The van der Waals surface area contributed by atoms with Gasteiger partial charge in [0.1, 0.15) is 0 Å². The Balaban J connectivity index is 0.825. The van der Waals surface area contributed by atoms with Crippen molar-refractivity contribution < 1.29 is 0 Å². The first-order valence-electron chi connectivity index (χ1n) is 23.7. The number of para-hydroxylation sites is 3. The highest BCUT2D eigenvalue weighted by atomic mass is 15.1. The van der Waals surface area contributed by atoms with Gasteiger partial charge in [0.25, 0.3) is 0 Å². The molecule has 3 nitrogen and oxygen atoms in total. The lowest BCUT2D eigenvalue weighted by molar-refractivity contribution is 1.18. The van der Waals surface area contributed by atoms with Crippen molar-refractivity contribution in [3.05, 3.63) is 273 Å². The summed E-state index contributed by atoms with van der Waals surface area (Å²) < 4.78 is 4.78. The first-order chi connectivity index (χ1) is 34.2. The van der Waals surface area contributed by atoms with E-state index in [9.17, 15) is 0 Å². The lowest BCUT2D eigenvalue weighted by Gasteiger charge is -2.26. The quantitative estimate of drug-likeness (QED) is 0.141. The van der Waals surface area contributed by atoms with Gasteiger partial charge in [-0.1, -0.05) is 176 Å². The summed E-state index contributed by atoms with van der Waals surface area (Å²) in [6, 6.07) is 98.9. The van der Waals surface area contributed by atoms with Crippen LogP contribution in [-0.4, -0.2) is 9.13 Å². The third kappa shape index (κ3) is 7.16. The molecule has 2 aromatic heterocycles. The van der Waals surface area contributed by atoms with E-state index in [2.05, 4.69) is 287 Å². The van der Waals surface area contributed by atoms with Crippen LogP contribution in [0.3, 0.4) is 0 Å². The van der Waals surface area contributed by atoms with Gasteiger partial charge in [0.15, 0.2) is 0 Å². The van der Waals surface area contributed by atoms with Crippen molar-refractivity contribution in [2.75, 3.05) is 4.90 Å². The molecule has 0 atom stereocenters. The highest BCUT2D eigenvalue weighted by molar-refractivity contribution is 6.12. The second-order valence-electron chi connectivity index (χ2n) is 17.8. The standard InChI is InChI=1S/C66H45N3/c1-4-14-46(15-5-1)48-24-34-55(35-25-48)67(56-36-26-49(27-37-56)47-16-6-2-7-17-47)57-38-28-50(29-39-57)51-30-40-58(41-31-51)69-64-23-13-11-21-60(64)62-45-53(33-43-66(62)69)52-32-42-65-61(44-52)59-20-10-12-22-63(59)68(65)54-18-8-3-9-19-54/h1-45H. The normalized spacial score (nSPS) is 11.5. The van der Waals surface area contributed by atoms with E-state index >= 15 is 0 Å². The minimum atomic E-state index is 1.10. The van der Waals surface area contributed by atoms with Gasteiger partial charge in [-0.25, -0.2) is 0 Å². The Bertz CT molecular complexity index is 3860. The Kier molecular flexibility index (Phi) is 9.84. The molecule has 11 aromatic carbocycles. The van der Waals surface area contributed by atoms with Gasteiger partial charge in [0.2, 0.25) is 0 Å². The predicted molar refractivity (Wildman–Crippen MR) is 292 cm³/mol. The summed E-state index contributed by atoms with van der Waals surface area (Å²) in [6.45, 7) is 0. The highest BCUT2D eigenvalue weighted by Crippen LogP contribution is 2.40. The Labute approximate surface area is 401 Å². The van der Waals surface area contributed by atoms with Crippen molar-refractivity contribution in [3.8, 4) is 55.9 Å². The summed E-state index contributed by atoms with van der Waals surface area (Å²) in [4.78, 5) is 2.34. The van der Waals surface area contributed by atoms with E-state index in [1.165, 1.54) is 93.8 Å². The number of benzene rings is 11. The topological polar surface area (TPSA) is 13.1 Å². The van der Waals surface area contributed by atoms with Crippen LogP contribution in [-0.2, 0) is 0 Å². The average molecular weight is 880 g/mol. The molecule has 324 valence electrons. The summed E-state index contributed by atoms with van der Waals surface area (Å²) in [5.41, 5.74) is 20.0. The van der Waals surface area contributed by atoms with E-state index in [0.717, 1.165) is 22.7 Å². The molecule has 0 spiro atoms. The number of rotatable bonds is 9. The van der Waals surface area contributed by atoms with Gasteiger partial charge in [0.05, 0.1) is 22.1 Å². The number of hydrogen-bond acceptors (Lipinski definition) is 1. The van der Waals surface area contributed by atoms with Gasteiger partial charge in [-0.2, -0.15) is 0 Å². The highest BCUT2D eigenvalue weighted by Gasteiger charge is 2.18. The fourth-order valence-corrected chi connectivity index (χ4v) is 10.4. The second kappa shape index (κ2) is 16.9. The average Bonchev–Trinajstić information content (AvgIpc) is 3.94. The number of nitrogens with zero attached hydrogens (tertiary/aromatic N) is 3. The van der Waals surface area contributed by atoms with Crippen molar-refractivity contribution >= 4 is 60.7 Å². The summed E-state index contributed by atoms with van der Waals surface area (Å²) in [5.74, 6) is 0. The van der Waals surface area contributed by atoms with Crippen molar-refractivity contribution in [2.24, 2.45) is 0 Å². The Morgan fingerprint density at radius 2 is 0.493 bits per heavy atom. The van der Waals surface area contributed by atoms with Crippen molar-refractivity contribution in [1.82, 2.24) is 9.13 Å². The van der Waals surface area contributed by atoms with Crippen LogP contribution >= 0.6 is 0 Å². The molecule has 0 fully saturated rings. The molecule has 69 heavy (non-hydrogen) atoms. The first kappa shape index (κ1) is 40.1. The summed E-state index contributed by atoms with van der Waals surface area (Å²) in [7, 11) is 0. The molecule has 0 saturated heterocycles. The van der Waals surface area contributed by atoms with Crippen molar-refractivity contribution in [2.45, 2.75) is 0 Å². The molecular formula is C66H45N3. The van der Waals surface area contributed by atoms with Gasteiger partial charge in [0, 0.05) is 50.0 Å². The molecule has 13 rings (SSSR count). The van der Waals surface area contributed by atoms with Crippen LogP contribution in [0, 0.1) is 0 Å². The molecule has 0 unspecified atom stereocenters. The van der Waals surface area contributed by atoms with E-state index in [0.29, 0.717) is 0 Å². The molecule has 0 aliphatic rings. The molecule has 0 N–H and O–H groups in total. The van der Waals surface area contributed by atoms with Gasteiger partial charge >= 0.3 is 0 Å². The summed E-state index contributed by atoms with van der Waals surface area (Å²) in [5, 5.41) is 4.99. The van der Waals surface area contributed by atoms with E-state index in [4.69, 9.17) is 0 Å². The molecule has 0 amide bonds. The number of aromatic nitrogens is 2. The smallest absolute Gasteiger partial charge is 0.0541 e. The maximum atomic E-state index is 2.40. The van der Waals surface area contributed by atoms with Crippen molar-refractivity contribution in [3.63, 3.8) is 0 Å². The molecule has 0 radical (unpaired) electrons. The van der Waals surface area contributed by atoms with Crippen LogP contribution in [0.1, 0.15) is 0 Å². The van der Waals surface area contributed by atoms with Crippen LogP contribution in [0.4, 0.5) is 17.1 Å². The molecule has 0 aliphatic carbocycles. The van der Waals surface area contributed by atoms with Crippen LogP contribution in [0.15, 0.2) is 273 Å². The van der Waals surface area contributed by atoms with Crippen LogP contribution in [0.2, 0.25) is 0 Å². The van der Waals surface area contributed by atoms with Gasteiger partial charge in [-0.15, -0.1) is 0 Å². The lowest BCUT2D eigenvalue weighted by atomic mass is 10.0. The molecular weight excluding hydrogens is 835 g/mol. The molecule has 2 heterocycles. The SMILES string of the molecule is c1ccc(-c2ccc(N(c3ccc(-c4ccccc4)cc3)c3ccc(-c4ccc(-n5c6ccccc6c6cc(-c7ccc8c(c7)c7ccccc7n8-c7ccccc7)ccc65)cc4)cc3)cc2)cc1. The molecule has 0 aliphatic heterocycles. The fraction of sp³-hybridized carbons (Fsp3) is 0. The lowest BCUT2D eigenvalue weighted by Crippen LogP contribution is -2.09. The third-order valence-corrected chi connectivity index (χ3v) is 13.7. The largest absolute Gasteiger partial charge is 0.311 e. The van der Waals surface area contributed by atoms with Gasteiger partial charge in [-0.05, 0) is 142 Å². The number of anilines is 3. The van der Waals surface area contributed by atoms with Gasteiger partial charge < -0.3 is 14.0 Å². The van der Waals surface area contributed by atoms with E-state index in [1.807, 2.05) is 0 Å². The maximum absolute atomic E-state index is 2.40. The molecule has 3 heteroatoms. The Morgan fingerprint density at radius 1 is 0.203 bits per heavy atom. The maximum Gasteiger partial charge on any atom is 0.0541 e. The second-order valence-corrected chi connectivity index (χ2v) is 17.8. The van der Waals surface area contributed by atoms with E-state index in [1.54, 1.807) is 0 Å². The van der Waals surface area contributed by atoms with E-state index < -0.39 is 0 Å². The zero-order valence-corrected chi connectivity index (χ0v) is 37.8. The number of fused-ring (bicyclic) bond motifs is 6.